The van der Waals surface area contributed by atoms with Crippen LogP contribution in [0.3, 0.4) is 0 Å². The van der Waals surface area contributed by atoms with Crippen molar-refractivity contribution in [2.75, 3.05) is 33.0 Å². The van der Waals surface area contributed by atoms with E-state index in [1.807, 2.05) is 6.92 Å². The number of carbonyl (C=O) groups is 1. The molecule has 0 amide bonds. The summed E-state index contributed by atoms with van der Waals surface area (Å²) in [7, 11) is 0. The van der Waals surface area contributed by atoms with Gasteiger partial charge in [-0.05, 0) is 111 Å². The zero-order chi connectivity index (χ0) is 62.7. The number of aliphatic hydroxyl groups is 16. The molecule has 9 fully saturated rings. The second-order valence-corrected chi connectivity index (χ2v) is 28.5. The first-order valence-electron chi connectivity index (χ1n) is 30.8. The van der Waals surface area contributed by atoms with Crippen LogP contribution in [0.4, 0.5) is 0 Å². The van der Waals surface area contributed by atoms with Gasteiger partial charge in [-0.25, -0.2) is 0 Å². The smallest absolute Gasteiger partial charge is 0.315 e. The quantitative estimate of drug-likeness (QED) is 0.0454. The molecular weight excluding hydrogens is 1140 g/mol. The molecule has 5 saturated heterocycles. The Kier molecular flexibility index (Phi) is 19.4. The lowest BCUT2D eigenvalue weighted by Gasteiger charge is -2.71. The third-order valence-corrected chi connectivity index (χ3v) is 23.3. The van der Waals surface area contributed by atoms with Gasteiger partial charge in [-0.1, -0.05) is 53.2 Å². The highest BCUT2D eigenvalue weighted by Gasteiger charge is 2.71. The highest BCUT2D eigenvalue weighted by atomic mass is 16.8. The molecule has 33 atom stereocenters. The first-order chi connectivity index (χ1) is 40.4. The molecule has 86 heavy (non-hydrogen) atoms. The van der Waals surface area contributed by atoms with E-state index in [-0.39, 0.29) is 47.2 Å². The van der Waals surface area contributed by atoms with E-state index >= 15 is 4.79 Å². The van der Waals surface area contributed by atoms with Crippen molar-refractivity contribution in [3.05, 3.63) is 11.6 Å². The standard InChI is InChI=1S/C59H96O27/c1-24-34(65)46(84-49-42(73)39(70)37(68)29(20-61)80-49)44(75)51(78-24)85-47-35(66)27(64)22-77-52(47)82-33-11-12-55(4)31(56(33,5)23-63)10-13-58(7)32(55)9-8-25-26-18-54(2,3)14-16-59(26,17-15-57(25,58)6)53(76)86-50-43(74)40(71)45(30(21-62)81-50)83-48-41(72)38(69)36(67)28(19-60)79-48/h8,24,26-52,60-75H,9-23H2,1-7H3/t24-,26+,27-,28-,29-,30-,31+,32+,33-,34-,35+,36-,37-,38+,39+,40-,41-,42-,43-,44-,45-,46+,47-,48+,49+,50+,51+,52+,55-,56-,57+,58+,59+/m0/s1. The number of aliphatic hydroxyl groups excluding tert-OH is 16. The molecule has 494 valence electrons. The van der Waals surface area contributed by atoms with Crippen molar-refractivity contribution in [1.82, 2.24) is 0 Å². The van der Waals surface area contributed by atoms with E-state index in [4.69, 9.17) is 47.4 Å². The average molecular weight is 1240 g/mol. The van der Waals surface area contributed by atoms with Crippen molar-refractivity contribution in [3.8, 4) is 0 Å². The number of hydrogen-bond acceptors (Lipinski definition) is 27. The minimum atomic E-state index is -1.91. The van der Waals surface area contributed by atoms with Crippen molar-refractivity contribution in [2.24, 2.45) is 50.2 Å². The van der Waals surface area contributed by atoms with E-state index in [9.17, 15) is 81.7 Å². The van der Waals surface area contributed by atoms with Crippen LogP contribution < -0.4 is 0 Å². The SMILES string of the molecule is C[C@@H]1O[C@H](O[C@@H]2[C@@H](O[C@H]3CC[C@@]4(C)[C@@H](CC[C@]5(C)[C@@H]4CC=C4[C@H]6CC(C)(C)CC[C@@]6(C(=O)O[C@H]6O[C@@H](CO)[C@H](O[C@H]7O[C@@H](CO)[C@H](O)[C@@H](O)[C@@H]7O)[C@@H](O)[C@@H]6O)CC[C@]45C)[C@]3(C)CO)OC[C@H](O)[C@H]2O)[C@@H](O)[C@H](O[C@H]2O[C@@H](CO)[C@H](O)[C@@H](O)[C@@H]2O)[C@H]1O. The first-order valence-corrected chi connectivity index (χ1v) is 30.8. The van der Waals surface area contributed by atoms with E-state index in [2.05, 4.69) is 40.7 Å². The molecule has 0 aromatic rings. The van der Waals surface area contributed by atoms with Crippen LogP contribution in [0.5, 0.6) is 0 Å². The molecule has 0 bridgehead atoms. The summed E-state index contributed by atoms with van der Waals surface area (Å²) in [6.07, 6.45) is -31.7. The van der Waals surface area contributed by atoms with Gasteiger partial charge < -0.3 is 129 Å². The predicted octanol–water partition coefficient (Wildman–Crippen LogP) is -3.57. The monoisotopic (exact) mass is 1240 g/mol. The van der Waals surface area contributed by atoms with Gasteiger partial charge in [0.05, 0.1) is 50.7 Å². The van der Waals surface area contributed by atoms with Gasteiger partial charge in [-0.15, -0.1) is 0 Å². The van der Waals surface area contributed by atoms with Crippen LogP contribution in [-0.2, 0) is 52.2 Å². The van der Waals surface area contributed by atoms with Crippen LogP contribution in [0.1, 0.15) is 113 Å². The summed E-state index contributed by atoms with van der Waals surface area (Å²) in [5.74, 6) is -0.929. The fraction of sp³-hybridized carbons (Fsp3) is 0.949. The van der Waals surface area contributed by atoms with E-state index in [0.717, 1.165) is 6.42 Å². The summed E-state index contributed by atoms with van der Waals surface area (Å²) in [5.41, 5.74) is -2.07. The lowest BCUT2D eigenvalue weighted by Crippen LogP contribution is -2.67. The van der Waals surface area contributed by atoms with Crippen molar-refractivity contribution >= 4 is 5.97 Å². The zero-order valence-electron chi connectivity index (χ0n) is 50.0. The van der Waals surface area contributed by atoms with Crippen molar-refractivity contribution < 1.29 is 134 Å². The third kappa shape index (κ3) is 11.1. The van der Waals surface area contributed by atoms with Gasteiger partial charge in [0.2, 0.25) is 6.29 Å². The second kappa shape index (κ2) is 24.9. The molecule has 27 nitrogen and oxygen atoms in total. The lowest BCUT2D eigenvalue weighted by atomic mass is 9.33. The molecular formula is C59H96O27. The Labute approximate surface area is 499 Å². The van der Waals surface area contributed by atoms with Crippen LogP contribution in [0.15, 0.2) is 11.6 Å². The van der Waals surface area contributed by atoms with E-state index < -0.39 is 196 Å². The van der Waals surface area contributed by atoms with Gasteiger partial charge in [-0.2, -0.15) is 0 Å². The zero-order valence-corrected chi connectivity index (χ0v) is 50.0. The molecule has 0 radical (unpaired) electrons. The maximum Gasteiger partial charge on any atom is 0.315 e. The van der Waals surface area contributed by atoms with Crippen molar-refractivity contribution in [2.45, 2.75) is 266 Å². The fourth-order valence-electron chi connectivity index (χ4n) is 17.7. The molecule has 0 spiro atoms. The molecule has 5 aliphatic heterocycles. The topological polar surface area (TPSA) is 433 Å². The molecule has 0 unspecified atom stereocenters. The van der Waals surface area contributed by atoms with Crippen molar-refractivity contribution in [1.29, 1.82) is 0 Å². The second-order valence-electron chi connectivity index (χ2n) is 28.5. The van der Waals surface area contributed by atoms with Crippen LogP contribution in [0.2, 0.25) is 0 Å². The number of rotatable bonds is 14. The number of fused-ring (bicyclic) bond motifs is 7. The summed E-state index contributed by atoms with van der Waals surface area (Å²) in [5, 5.41) is 173. The number of esters is 1. The molecule has 10 rings (SSSR count). The maximum atomic E-state index is 15.1. The Morgan fingerprint density at radius 1 is 0.535 bits per heavy atom. The molecule has 5 aliphatic carbocycles. The largest absolute Gasteiger partial charge is 0.432 e. The van der Waals surface area contributed by atoms with Crippen LogP contribution in [0, 0.1) is 50.2 Å². The fourth-order valence-corrected chi connectivity index (χ4v) is 17.7. The summed E-state index contributed by atoms with van der Waals surface area (Å²) < 4.78 is 59.7. The molecule has 0 aromatic heterocycles. The Hall–Kier alpha value is -1.79. The number of ether oxygens (including phenoxy) is 10. The number of hydrogen-bond donors (Lipinski definition) is 16. The molecule has 10 aliphatic rings. The van der Waals surface area contributed by atoms with Crippen LogP contribution >= 0.6 is 0 Å². The third-order valence-electron chi connectivity index (χ3n) is 23.3. The Bertz CT molecular complexity index is 2380. The highest BCUT2D eigenvalue weighted by Crippen LogP contribution is 2.76. The summed E-state index contributed by atoms with van der Waals surface area (Å²) >= 11 is 0. The Balaban J connectivity index is 0.850. The van der Waals surface area contributed by atoms with Crippen LogP contribution in [-0.4, -0.2) is 274 Å². The number of allylic oxidation sites excluding steroid dienone is 2. The molecule has 4 saturated carbocycles. The number of carbonyl (C=O) groups excluding carboxylic acids is 1. The normalized spacial score (nSPS) is 54.8. The minimum absolute atomic E-state index is 0.0885. The predicted molar refractivity (Wildman–Crippen MR) is 289 cm³/mol. The highest BCUT2D eigenvalue weighted by molar-refractivity contribution is 5.79. The van der Waals surface area contributed by atoms with Crippen LogP contribution in [0.25, 0.3) is 0 Å². The summed E-state index contributed by atoms with van der Waals surface area (Å²) in [6, 6.07) is 0. The molecule has 5 heterocycles. The van der Waals surface area contributed by atoms with E-state index in [1.54, 1.807) is 0 Å². The van der Waals surface area contributed by atoms with Gasteiger partial charge in [0.15, 0.2) is 25.2 Å². The van der Waals surface area contributed by atoms with Gasteiger partial charge >= 0.3 is 5.97 Å². The summed E-state index contributed by atoms with van der Waals surface area (Å²) in [4.78, 5) is 15.1. The van der Waals surface area contributed by atoms with Gasteiger partial charge in [0.25, 0.3) is 0 Å². The Morgan fingerprint density at radius 2 is 1.09 bits per heavy atom. The average Bonchev–Trinajstić information content (AvgIpc) is 0.694. The first kappa shape index (κ1) is 67.1. The molecule has 0 aromatic carbocycles. The van der Waals surface area contributed by atoms with E-state index in [1.165, 1.54) is 12.5 Å². The van der Waals surface area contributed by atoms with Crippen molar-refractivity contribution in [3.63, 3.8) is 0 Å². The summed E-state index contributed by atoms with van der Waals surface area (Å²) in [6.45, 7) is 11.8. The lowest BCUT2D eigenvalue weighted by molar-refractivity contribution is -0.383. The van der Waals surface area contributed by atoms with E-state index in [0.29, 0.717) is 57.8 Å². The van der Waals surface area contributed by atoms with Gasteiger partial charge in [0, 0.05) is 5.41 Å². The van der Waals surface area contributed by atoms with Gasteiger partial charge in [0.1, 0.15) is 110 Å². The van der Waals surface area contributed by atoms with Gasteiger partial charge in [-0.3, -0.25) is 4.79 Å². The molecule has 27 heteroatoms. The minimum Gasteiger partial charge on any atom is -0.432 e. The molecule has 16 N–H and O–H groups in total. The maximum absolute atomic E-state index is 15.1. The Morgan fingerprint density at radius 3 is 1.70 bits per heavy atom.